The largest absolute Gasteiger partial charge is 0.391 e. The molecule has 0 fully saturated rings. The molecular weight excluding hydrogens is 438 g/mol. The first-order chi connectivity index (χ1) is 16.6. The second kappa shape index (κ2) is 26.3. The summed E-state index contributed by atoms with van der Waals surface area (Å²) >= 11 is 4.30. The van der Waals surface area contributed by atoms with Gasteiger partial charge in [-0.15, -0.1) is 0 Å². The van der Waals surface area contributed by atoms with Crippen molar-refractivity contribution >= 4 is 12.6 Å². The Morgan fingerprint density at radius 2 is 0.971 bits per heavy atom. The van der Waals surface area contributed by atoms with Crippen molar-refractivity contribution in [3.05, 3.63) is 72.9 Å². The third-order valence-electron chi connectivity index (χ3n) is 5.20. The van der Waals surface area contributed by atoms with Gasteiger partial charge >= 0.3 is 0 Å². The van der Waals surface area contributed by atoms with E-state index in [9.17, 15) is 10.2 Å². The van der Waals surface area contributed by atoms with E-state index in [1.165, 1.54) is 0 Å². The molecule has 2 N–H and O–H groups in total. The van der Waals surface area contributed by atoms with Crippen LogP contribution in [-0.2, 0) is 0 Å². The lowest BCUT2D eigenvalue weighted by molar-refractivity contribution is 0.0708. The standard InChI is InChI=1S/C30H51NO2S/c1-3-5-7-9-11-13-15-17-19-23-29(32)27-31(25-21-22-26-34)28-30(33)24-20-18-16-14-12-10-8-6-4-2/h5-8,11-14,17-20,29-30,32-34H,3-4,9-10,15-16,21-28H2,1-2H3/b7-5-,8-6-,13-11-,14-12-,19-17-,20-18-. The van der Waals surface area contributed by atoms with Crippen LogP contribution < -0.4 is 0 Å². The Kier molecular flexibility index (Phi) is 25.2. The maximum Gasteiger partial charge on any atom is 0.0701 e. The van der Waals surface area contributed by atoms with Crippen molar-refractivity contribution in [3.63, 3.8) is 0 Å². The van der Waals surface area contributed by atoms with Crippen molar-refractivity contribution < 1.29 is 10.2 Å². The number of rotatable bonds is 22. The minimum Gasteiger partial charge on any atom is -0.391 e. The van der Waals surface area contributed by atoms with Gasteiger partial charge in [0.2, 0.25) is 0 Å². The maximum atomic E-state index is 10.5. The topological polar surface area (TPSA) is 43.7 Å². The van der Waals surface area contributed by atoms with Crippen molar-refractivity contribution in [2.45, 2.75) is 90.3 Å². The third-order valence-corrected chi connectivity index (χ3v) is 5.51. The average Bonchev–Trinajstić information content (AvgIpc) is 2.82. The quantitative estimate of drug-likeness (QED) is 0.0854. The average molecular weight is 490 g/mol. The fraction of sp³-hybridized carbons (Fsp3) is 0.600. The van der Waals surface area contributed by atoms with Crippen molar-refractivity contribution in [1.82, 2.24) is 4.90 Å². The molecular formula is C30H51NO2S. The summed E-state index contributed by atoms with van der Waals surface area (Å²) in [7, 11) is 0. The first-order valence-corrected chi connectivity index (χ1v) is 13.9. The zero-order valence-corrected chi connectivity index (χ0v) is 22.7. The van der Waals surface area contributed by atoms with E-state index in [0.717, 1.165) is 63.7 Å². The molecule has 4 heteroatoms. The second-order valence-corrected chi connectivity index (χ2v) is 9.00. The first-order valence-electron chi connectivity index (χ1n) is 13.2. The summed E-state index contributed by atoms with van der Waals surface area (Å²) < 4.78 is 0. The predicted octanol–water partition coefficient (Wildman–Crippen LogP) is 7.22. The van der Waals surface area contributed by atoms with E-state index in [0.29, 0.717) is 25.9 Å². The fourth-order valence-corrected chi connectivity index (χ4v) is 3.60. The molecule has 0 aliphatic carbocycles. The number of thiol groups is 1. The summed E-state index contributed by atoms with van der Waals surface area (Å²) in [6.45, 7) is 6.33. The summed E-state index contributed by atoms with van der Waals surface area (Å²) in [5, 5.41) is 21.0. The summed E-state index contributed by atoms with van der Waals surface area (Å²) in [4.78, 5) is 2.19. The lowest BCUT2D eigenvalue weighted by atomic mass is 10.1. The van der Waals surface area contributed by atoms with Crippen LogP contribution in [0.25, 0.3) is 0 Å². The molecule has 0 bridgehead atoms. The Morgan fingerprint density at radius 3 is 1.35 bits per heavy atom. The van der Waals surface area contributed by atoms with Gasteiger partial charge in [0.25, 0.3) is 0 Å². The number of aliphatic hydroxyl groups excluding tert-OH is 2. The lowest BCUT2D eigenvalue weighted by Crippen LogP contribution is -2.38. The van der Waals surface area contributed by atoms with Crippen molar-refractivity contribution in [2.24, 2.45) is 0 Å². The molecule has 0 saturated heterocycles. The van der Waals surface area contributed by atoms with Crippen LogP contribution in [-0.4, -0.2) is 52.7 Å². The van der Waals surface area contributed by atoms with E-state index in [1.54, 1.807) is 0 Å². The van der Waals surface area contributed by atoms with E-state index in [-0.39, 0.29) is 0 Å². The summed E-state index contributed by atoms with van der Waals surface area (Å²) in [5.41, 5.74) is 0. The summed E-state index contributed by atoms with van der Waals surface area (Å²) in [6.07, 6.45) is 34.2. The summed E-state index contributed by atoms with van der Waals surface area (Å²) in [6, 6.07) is 0. The Morgan fingerprint density at radius 1 is 0.588 bits per heavy atom. The molecule has 0 saturated carbocycles. The van der Waals surface area contributed by atoms with Gasteiger partial charge in [-0.3, -0.25) is 4.90 Å². The smallest absolute Gasteiger partial charge is 0.0701 e. The van der Waals surface area contributed by atoms with Crippen LogP contribution in [0, 0.1) is 0 Å². The van der Waals surface area contributed by atoms with Gasteiger partial charge in [-0.25, -0.2) is 0 Å². The van der Waals surface area contributed by atoms with E-state index in [2.05, 4.69) is 104 Å². The molecule has 0 rings (SSSR count). The number of nitrogens with zero attached hydrogens (tertiary/aromatic N) is 1. The summed E-state index contributed by atoms with van der Waals surface area (Å²) in [5.74, 6) is 0.869. The number of aliphatic hydroxyl groups is 2. The van der Waals surface area contributed by atoms with Crippen LogP contribution in [0.1, 0.15) is 78.1 Å². The highest BCUT2D eigenvalue weighted by Crippen LogP contribution is 2.06. The van der Waals surface area contributed by atoms with Crippen LogP contribution in [0.3, 0.4) is 0 Å². The van der Waals surface area contributed by atoms with Gasteiger partial charge in [-0.05, 0) is 76.5 Å². The van der Waals surface area contributed by atoms with Crippen LogP contribution in [0.4, 0.5) is 0 Å². The fourth-order valence-electron chi connectivity index (χ4n) is 3.37. The number of hydrogen-bond acceptors (Lipinski definition) is 4. The molecule has 0 heterocycles. The molecule has 0 aromatic rings. The third kappa shape index (κ3) is 23.8. The molecule has 3 nitrogen and oxygen atoms in total. The highest BCUT2D eigenvalue weighted by molar-refractivity contribution is 7.80. The van der Waals surface area contributed by atoms with Crippen LogP contribution >= 0.6 is 12.6 Å². The second-order valence-electron chi connectivity index (χ2n) is 8.56. The Labute approximate surface area is 216 Å². The normalized spacial score (nSPS) is 15.0. The number of hydrogen-bond donors (Lipinski definition) is 3. The molecule has 0 aliphatic rings. The predicted molar refractivity (Wildman–Crippen MR) is 155 cm³/mol. The molecule has 194 valence electrons. The molecule has 2 unspecified atom stereocenters. The Balaban J connectivity index is 4.33. The van der Waals surface area contributed by atoms with Crippen LogP contribution in [0.15, 0.2) is 72.9 Å². The maximum absolute atomic E-state index is 10.5. The molecule has 2 atom stereocenters. The Hall–Kier alpha value is -1.33. The molecule has 0 spiro atoms. The van der Waals surface area contributed by atoms with Crippen LogP contribution in [0.2, 0.25) is 0 Å². The van der Waals surface area contributed by atoms with Gasteiger partial charge in [0.1, 0.15) is 0 Å². The Bertz CT molecular complexity index is 559. The highest BCUT2D eigenvalue weighted by atomic mass is 32.1. The van der Waals surface area contributed by atoms with E-state index < -0.39 is 12.2 Å². The number of unbranched alkanes of at least 4 members (excludes halogenated alkanes) is 1. The van der Waals surface area contributed by atoms with Gasteiger partial charge in [-0.1, -0.05) is 86.8 Å². The number of allylic oxidation sites excluding steroid dienone is 10. The van der Waals surface area contributed by atoms with Gasteiger partial charge in [-0.2, -0.15) is 12.6 Å². The minimum atomic E-state index is -0.418. The first kappa shape index (κ1) is 32.7. The lowest BCUT2D eigenvalue weighted by Gasteiger charge is -2.26. The molecule has 34 heavy (non-hydrogen) atoms. The van der Waals surface area contributed by atoms with Crippen LogP contribution in [0.5, 0.6) is 0 Å². The SMILES string of the molecule is CC/C=C\C/C=C\C/C=C\CC(O)CN(CCCCS)CC(O)C/C=C\C/C=C\C/C=C\CC. The van der Waals surface area contributed by atoms with Gasteiger partial charge in [0.15, 0.2) is 0 Å². The van der Waals surface area contributed by atoms with E-state index in [4.69, 9.17) is 0 Å². The van der Waals surface area contributed by atoms with E-state index >= 15 is 0 Å². The zero-order chi connectivity index (χ0) is 25.1. The van der Waals surface area contributed by atoms with Crippen molar-refractivity contribution in [1.29, 1.82) is 0 Å². The molecule has 0 amide bonds. The van der Waals surface area contributed by atoms with Crippen molar-refractivity contribution in [3.8, 4) is 0 Å². The van der Waals surface area contributed by atoms with Crippen molar-refractivity contribution in [2.75, 3.05) is 25.4 Å². The monoisotopic (exact) mass is 489 g/mol. The highest BCUT2D eigenvalue weighted by Gasteiger charge is 2.14. The molecule has 0 aromatic carbocycles. The van der Waals surface area contributed by atoms with Gasteiger partial charge in [0, 0.05) is 13.1 Å². The molecule has 0 aromatic heterocycles. The minimum absolute atomic E-state index is 0.418. The zero-order valence-electron chi connectivity index (χ0n) is 21.8. The molecule has 0 aliphatic heterocycles. The molecule has 0 radical (unpaired) electrons. The van der Waals surface area contributed by atoms with Gasteiger partial charge in [0.05, 0.1) is 12.2 Å². The van der Waals surface area contributed by atoms with Gasteiger partial charge < -0.3 is 10.2 Å². The van der Waals surface area contributed by atoms with E-state index in [1.807, 2.05) is 0 Å².